The van der Waals surface area contributed by atoms with Crippen molar-refractivity contribution >= 4 is 25.8 Å². The number of sulfone groups is 1. The van der Waals surface area contributed by atoms with E-state index in [4.69, 9.17) is 9.47 Å². The second-order valence-corrected chi connectivity index (χ2v) is 7.91. The van der Waals surface area contributed by atoms with E-state index >= 15 is 0 Å². The van der Waals surface area contributed by atoms with Gasteiger partial charge in [-0.15, -0.1) is 0 Å². The molecular weight excluding hydrogens is 427 g/mol. The van der Waals surface area contributed by atoms with Crippen molar-refractivity contribution in [3.63, 3.8) is 0 Å². The van der Waals surface area contributed by atoms with Gasteiger partial charge in [-0.2, -0.15) is 13.2 Å². The van der Waals surface area contributed by atoms with Crippen molar-refractivity contribution in [3.8, 4) is 11.5 Å². The van der Waals surface area contributed by atoms with E-state index in [0.29, 0.717) is 0 Å². The molecule has 0 fully saturated rings. The maximum absolute atomic E-state index is 13.1. The molecule has 25 heavy (non-hydrogen) atoms. The standard InChI is InChI=1S/C15H15BrF3NO4S/c1-3-23-12-8-9(2)7-10(16)13(12)24-14(11-5-4-6-20-11)25(21,22)15(17,18)19/h4-8,14,20H,3H2,1-2H3. The lowest BCUT2D eigenvalue weighted by atomic mass is 10.2. The third-order valence-electron chi connectivity index (χ3n) is 3.16. The summed E-state index contributed by atoms with van der Waals surface area (Å²) in [6.45, 7) is 3.67. The Hall–Kier alpha value is -1.68. The van der Waals surface area contributed by atoms with E-state index < -0.39 is 20.8 Å². The molecule has 138 valence electrons. The highest BCUT2D eigenvalue weighted by Crippen LogP contribution is 2.43. The minimum atomic E-state index is -5.65. The summed E-state index contributed by atoms with van der Waals surface area (Å²) in [4.78, 5) is 2.46. The molecule has 1 atom stereocenters. The zero-order chi connectivity index (χ0) is 18.8. The second-order valence-electron chi connectivity index (χ2n) is 5.07. The Balaban J connectivity index is 2.57. The molecule has 1 aromatic heterocycles. The van der Waals surface area contributed by atoms with Crippen LogP contribution in [0.2, 0.25) is 0 Å². The van der Waals surface area contributed by atoms with Crippen LogP contribution in [0.1, 0.15) is 23.6 Å². The fourth-order valence-electron chi connectivity index (χ4n) is 2.09. The molecule has 1 heterocycles. The lowest BCUT2D eigenvalue weighted by Crippen LogP contribution is -2.32. The van der Waals surface area contributed by atoms with Crippen molar-refractivity contribution in [2.24, 2.45) is 0 Å². The molecule has 0 saturated heterocycles. The van der Waals surface area contributed by atoms with Crippen LogP contribution < -0.4 is 9.47 Å². The van der Waals surface area contributed by atoms with Gasteiger partial charge in [-0.05, 0) is 59.6 Å². The van der Waals surface area contributed by atoms with E-state index in [-0.39, 0.29) is 28.3 Å². The van der Waals surface area contributed by atoms with Crippen LogP contribution in [0.15, 0.2) is 34.9 Å². The number of H-pyrrole nitrogens is 1. The van der Waals surface area contributed by atoms with E-state index in [1.807, 2.05) is 0 Å². The summed E-state index contributed by atoms with van der Waals surface area (Å²) >= 11 is 3.19. The molecule has 1 aromatic carbocycles. The molecule has 0 amide bonds. The predicted molar refractivity (Wildman–Crippen MR) is 89.2 cm³/mol. The molecule has 1 unspecified atom stereocenters. The van der Waals surface area contributed by atoms with Gasteiger partial charge in [-0.25, -0.2) is 8.42 Å². The Morgan fingerprint density at radius 2 is 2.00 bits per heavy atom. The van der Waals surface area contributed by atoms with Crippen LogP contribution >= 0.6 is 15.9 Å². The van der Waals surface area contributed by atoms with Crippen LogP contribution in [0.3, 0.4) is 0 Å². The predicted octanol–water partition coefficient (Wildman–Crippen LogP) is 4.50. The van der Waals surface area contributed by atoms with E-state index in [2.05, 4.69) is 20.9 Å². The largest absolute Gasteiger partial charge is 0.501 e. The Kier molecular flexibility index (Phi) is 5.72. The highest BCUT2D eigenvalue weighted by atomic mass is 79.9. The highest BCUT2D eigenvalue weighted by molar-refractivity contribution is 9.10. The van der Waals surface area contributed by atoms with Crippen molar-refractivity contribution in [1.82, 2.24) is 4.98 Å². The number of aryl methyl sites for hydroxylation is 1. The van der Waals surface area contributed by atoms with Crippen molar-refractivity contribution < 1.29 is 31.1 Å². The van der Waals surface area contributed by atoms with Gasteiger partial charge >= 0.3 is 5.51 Å². The fraction of sp³-hybridized carbons (Fsp3) is 0.333. The maximum atomic E-state index is 13.1. The van der Waals surface area contributed by atoms with Gasteiger partial charge in [-0.1, -0.05) is 0 Å². The van der Waals surface area contributed by atoms with Crippen LogP contribution in [0, 0.1) is 6.92 Å². The van der Waals surface area contributed by atoms with Gasteiger partial charge in [0.1, 0.15) is 0 Å². The smallest absolute Gasteiger partial charge is 0.490 e. The third kappa shape index (κ3) is 4.12. The molecule has 1 N–H and O–H groups in total. The van der Waals surface area contributed by atoms with Gasteiger partial charge in [-0.3, -0.25) is 0 Å². The van der Waals surface area contributed by atoms with Gasteiger partial charge in [0.15, 0.2) is 11.5 Å². The third-order valence-corrected chi connectivity index (χ3v) is 5.31. The number of halogens is 4. The fourth-order valence-corrected chi connectivity index (χ4v) is 3.68. The number of aromatic amines is 1. The van der Waals surface area contributed by atoms with E-state index in [0.717, 1.165) is 5.56 Å². The summed E-state index contributed by atoms with van der Waals surface area (Å²) in [5, 5.41) is 0. The number of hydrogen-bond donors (Lipinski definition) is 1. The summed E-state index contributed by atoms with van der Waals surface area (Å²) in [7, 11) is -5.65. The lowest BCUT2D eigenvalue weighted by Gasteiger charge is -2.22. The number of benzene rings is 1. The first-order chi connectivity index (χ1) is 11.6. The molecule has 2 rings (SSSR count). The number of rotatable bonds is 6. The average molecular weight is 442 g/mol. The Morgan fingerprint density at radius 1 is 1.32 bits per heavy atom. The molecule has 0 bridgehead atoms. The van der Waals surface area contributed by atoms with Gasteiger partial charge in [0, 0.05) is 6.20 Å². The number of alkyl halides is 3. The molecule has 0 saturated carbocycles. The van der Waals surface area contributed by atoms with Crippen molar-refractivity contribution in [2.45, 2.75) is 24.8 Å². The monoisotopic (exact) mass is 441 g/mol. The van der Waals surface area contributed by atoms with Crippen LogP contribution in [-0.4, -0.2) is 25.5 Å². The molecule has 0 radical (unpaired) electrons. The maximum Gasteiger partial charge on any atom is 0.501 e. The molecule has 0 aliphatic carbocycles. The number of ether oxygens (including phenoxy) is 2. The topological polar surface area (TPSA) is 68.4 Å². The van der Waals surface area contributed by atoms with Crippen LogP contribution in [0.4, 0.5) is 13.2 Å². The molecule has 5 nitrogen and oxygen atoms in total. The summed E-state index contributed by atoms with van der Waals surface area (Å²) < 4.78 is 74.1. The first-order valence-electron chi connectivity index (χ1n) is 7.11. The molecular formula is C15H15BrF3NO4S. The van der Waals surface area contributed by atoms with Gasteiger partial charge in [0.25, 0.3) is 9.84 Å². The van der Waals surface area contributed by atoms with Crippen molar-refractivity contribution in [1.29, 1.82) is 0 Å². The molecule has 0 aliphatic heterocycles. The average Bonchev–Trinajstić information content (AvgIpc) is 2.99. The Labute approximate surface area is 151 Å². The van der Waals surface area contributed by atoms with E-state index in [1.165, 1.54) is 18.3 Å². The van der Waals surface area contributed by atoms with Crippen molar-refractivity contribution in [3.05, 3.63) is 46.2 Å². The summed E-state index contributed by atoms with van der Waals surface area (Å²) in [5.41, 5.74) is -7.25. The number of nitrogens with one attached hydrogen (secondary N) is 1. The van der Waals surface area contributed by atoms with E-state index in [9.17, 15) is 21.6 Å². The van der Waals surface area contributed by atoms with Crippen molar-refractivity contribution in [2.75, 3.05) is 6.61 Å². The summed E-state index contributed by atoms with van der Waals surface area (Å²) in [6.07, 6.45) is 1.31. The lowest BCUT2D eigenvalue weighted by molar-refractivity contribution is -0.0472. The minimum absolute atomic E-state index is 0.125. The van der Waals surface area contributed by atoms with Crippen LogP contribution in [-0.2, 0) is 9.84 Å². The zero-order valence-corrected chi connectivity index (χ0v) is 15.6. The normalized spacial score (nSPS) is 13.5. The number of hydrogen-bond acceptors (Lipinski definition) is 4. The second kappa shape index (κ2) is 7.28. The van der Waals surface area contributed by atoms with Gasteiger partial charge < -0.3 is 14.5 Å². The molecule has 10 heteroatoms. The molecule has 2 aromatic rings. The summed E-state index contributed by atoms with van der Waals surface area (Å²) in [5.74, 6) is 0.0168. The quantitative estimate of drug-likeness (QED) is 0.716. The highest BCUT2D eigenvalue weighted by Gasteiger charge is 2.53. The van der Waals surface area contributed by atoms with E-state index in [1.54, 1.807) is 26.0 Å². The number of aromatic nitrogens is 1. The SMILES string of the molecule is CCOc1cc(C)cc(Br)c1OC(c1ccc[nH]1)S(=O)(=O)C(F)(F)F. The molecule has 0 spiro atoms. The molecule has 0 aliphatic rings. The zero-order valence-electron chi connectivity index (χ0n) is 13.2. The first-order valence-corrected chi connectivity index (χ1v) is 9.45. The minimum Gasteiger partial charge on any atom is -0.490 e. The van der Waals surface area contributed by atoms with Crippen LogP contribution in [0.5, 0.6) is 11.5 Å². The Morgan fingerprint density at radius 3 is 2.52 bits per heavy atom. The Bertz CT molecular complexity index is 835. The first kappa shape index (κ1) is 19.6. The van der Waals surface area contributed by atoms with Gasteiger partial charge in [0.05, 0.1) is 16.8 Å². The van der Waals surface area contributed by atoms with Gasteiger partial charge in [0.2, 0.25) is 5.44 Å². The summed E-state index contributed by atoms with van der Waals surface area (Å²) in [6, 6.07) is 5.72. The van der Waals surface area contributed by atoms with Crippen LogP contribution in [0.25, 0.3) is 0 Å².